The second kappa shape index (κ2) is 6.66. The molecule has 2 heterocycles. The Bertz CT molecular complexity index is 791. The van der Waals surface area contributed by atoms with Gasteiger partial charge in [0.05, 0.1) is 0 Å². The number of pyridine rings is 1. The average molecular weight is 327 g/mol. The number of hydrogen-bond donors (Lipinski definition) is 0. The highest BCUT2D eigenvalue weighted by Crippen LogP contribution is 2.28. The fraction of sp³-hybridized carbons (Fsp3) is 0.294. The van der Waals surface area contributed by atoms with Crippen molar-refractivity contribution in [2.45, 2.75) is 19.8 Å². The van der Waals surface area contributed by atoms with E-state index in [-0.39, 0.29) is 24.1 Å². The molecule has 0 spiro atoms. The van der Waals surface area contributed by atoms with E-state index >= 15 is 0 Å². The molecule has 1 aliphatic rings. The molecule has 7 nitrogen and oxygen atoms in total. The standard InChI is InChI=1S/C17H17N3O4/c1-12-8-9-15(17(18-12)20(22)23)24-11-16(21)19-10-4-6-13-5-2-3-7-14(13)19/h2-3,5,7-9H,4,6,10-11H2,1H3. The van der Waals surface area contributed by atoms with Crippen molar-refractivity contribution >= 4 is 17.4 Å². The van der Waals surface area contributed by atoms with Gasteiger partial charge in [-0.15, -0.1) is 0 Å². The van der Waals surface area contributed by atoms with Crippen molar-refractivity contribution in [1.29, 1.82) is 0 Å². The molecule has 0 aliphatic carbocycles. The maximum Gasteiger partial charge on any atom is 0.406 e. The van der Waals surface area contributed by atoms with Gasteiger partial charge >= 0.3 is 5.82 Å². The summed E-state index contributed by atoms with van der Waals surface area (Å²) in [7, 11) is 0. The molecular weight excluding hydrogens is 310 g/mol. The number of nitrogens with zero attached hydrogens (tertiary/aromatic N) is 3. The van der Waals surface area contributed by atoms with E-state index in [2.05, 4.69) is 4.98 Å². The Morgan fingerprint density at radius 3 is 2.92 bits per heavy atom. The summed E-state index contributed by atoms with van der Waals surface area (Å²) in [6.07, 6.45) is 1.82. The second-order valence-electron chi connectivity index (χ2n) is 5.60. The number of carbonyl (C=O) groups excluding carboxylic acids is 1. The van der Waals surface area contributed by atoms with Crippen molar-refractivity contribution in [3.05, 3.63) is 57.8 Å². The summed E-state index contributed by atoms with van der Waals surface area (Å²) in [5, 5.41) is 11.1. The van der Waals surface area contributed by atoms with E-state index in [0.29, 0.717) is 12.2 Å². The lowest BCUT2D eigenvalue weighted by molar-refractivity contribution is -0.390. The number of aryl methyl sites for hydroxylation is 2. The van der Waals surface area contributed by atoms with E-state index in [1.807, 2.05) is 24.3 Å². The van der Waals surface area contributed by atoms with E-state index in [1.54, 1.807) is 17.9 Å². The minimum absolute atomic E-state index is 0.00393. The number of rotatable bonds is 4. The van der Waals surface area contributed by atoms with E-state index in [0.717, 1.165) is 24.1 Å². The van der Waals surface area contributed by atoms with Gasteiger partial charge in [0.1, 0.15) is 5.69 Å². The van der Waals surface area contributed by atoms with Crippen LogP contribution in [0.5, 0.6) is 5.75 Å². The predicted molar refractivity (Wildman–Crippen MR) is 88.2 cm³/mol. The molecule has 1 aromatic carbocycles. The molecule has 2 aromatic rings. The van der Waals surface area contributed by atoms with Crippen LogP contribution in [0, 0.1) is 17.0 Å². The molecular formula is C17H17N3O4. The molecule has 124 valence electrons. The molecule has 1 aliphatic heterocycles. The van der Waals surface area contributed by atoms with Crippen molar-refractivity contribution in [3.63, 3.8) is 0 Å². The Morgan fingerprint density at radius 1 is 1.33 bits per heavy atom. The van der Waals surface area contributed by atoms with Crippen LogP contribution in [0.4, 0.5) is 11.5 Å². The zero-order valence-corrected chi connectivity index (χ0v) is 13.3. The molecule has 7 heteroatoms. The van der Waals surface area contributed by atoms with Gasteiger partial charge in [-0.3, -0.25) is 4.79 Å². The largest absolute Gasteiger partial charge is 0.476 e. The smallest absolute Gasteiger partial charge is 0.406 e. The van der Waals surface area contributed by atoms with Crippen LogP contribution in [-0.2, 0) is 11.2 Å². The minimum Gasteiger partial charge on any atom is -0.476 e. The van der Waals surface area contributed by atoms with Gasteiger partial charge in [-0.2, -0.15) is 0 Å². The van der Waals surface area contributed by atoms with Gasteiger partial charge in [-0.25, -0.2) is 0 Å². The number of fused-ring (bicyclic) bond motifs is 1. The zero-order chi connectivity index (χ0) is 17.1. The second-order valence-corrected chi connectivity index (χ2v) is 5.60. The lowest BCUT2D eigenvalue weighted by Gasteiger charge is -2.29. The van der Waals surface area contributed by atoms with Crippen LogP contribution < -0.4 is 9.64 Å². The Labute approximate surface area is 139 Å². The lowest BCUT2D eigenvalue weighted by Crippen LogP contribution is -2.38. The van der Waals surface area contributed by atoms with Crippen LogP contribution in [0.3, 0.4) is 0 Å². The number of ether oxygens (including phenoxy) is 1. The van der Waals surface area contributed by atoms with E-state index < -0.39 is 4.92 Å². The summed E-state index contributed by atoms with van der Waals surface area (Å²) >= 11 is 0. The Hall–Kier alpha value is -2.96. The monoisotopic (exact) mass is 327 g/mol. The SMILES string of the molecule is Cc1ccc(OCC(=O)N2CCCc3ccccc32)c([N+](=O)[O-])n1. The molecule has 0 N–H and O–H groups in total. The maximum atomic E-state index is 12.5. The predicted octanol–water partition coefficient (Wildman–Crippen LogP) is 2.66. The third-order valence-electron chi connectivity index (χ3n) is 3.91. The number of para-hydroxylation sites is 1. The lowest BCUT2D eigenvalue weighted by atomic mass is 10.0. The summed E-state index contributed by atoms with van der Waals surface area (Å²) in [6, 6.07) is 10.8. The van der Waals surface area contributed by atoms with Gasteiger partial charge in [-0.05, 0) is 46.5 Å². The van der Waals surface area contributed by atoms with Gasteiger partial charge in [0, 0.05) is 19.2 Å². The zero-order valence-electron chi connectivity index (χ0n) is 13.3. The van der Waals surface area contributed by atoms with Gasteiger partial charge < -0.3 is 19.8 Å². The highest BCUT2D eigenvalue weighted by molar-refractivity contribution is 5.95. The molecule has 1 amide bonds. The normalized spacial score (nSPS) is 13.3. The molecule has 0 saturated heterocycles. The van der Waals surface area contributed by atoms with Crippen LogP contribution in [0.2, 0.25) is 0 Å². The summed E-state index contributed by atoms with van der Waals surface area (Å²) < 4.78 is 5.39. The molecule has 1 aromatic heterocycles. The molecule has 24 heavy (non-hydrogen) atoms. The minimum atomic E-state index is -0.608. The first-order valence-corrected chi connectivity index (χ1v) is 7.69. The number of nitro groups is 1. The van der Waals surface area contributed by atoms with Crippen molar-refractivity contribution in [2.24, 2.45) is 0 Å². The number of amides is 1. The fourth-order valence-corrected chi connectivity index (χ4v) is 2.78. The first-order chi connectivity index (χ1) is 11.6. The maximum absolute atomic E-state index is 12.5. The third-order valence-corrected chi connectivity index (χ3v) is 3.91. The molecule has 3 rings (SSSR count). The van der Waals surface area contributed by atoms with Crippen molar-refractivity contribution in [2.75, 3.05) is 18.1 Å². The first-order valence-electron chi connectivity index (χ1n) is 7.69. The summed E-state index contributed by atoms with van der Waals surface area (Å²) in [5.74, 6) is -0.594. The quantitative estimate of drug-likeness (QED) is 0.636. The van der Waals surface area contributed by atoms with Crippen molar-refractivity contribution in [3.8, 4) is 5.75 Å². The molecule has 0 unspecified atom stereocenters. The van der Waals surface area contributed by atoms with Gasteiger partial charge in [0.15, 0.2) is 6.61 Å². The van der Waals surface area contributed by atoms with E-state index in [9.17, 15) is 14.9 Å². The molecule has 0 radical (unpaired) electrons. The van der Waals surface area contributed by atoms with Gasteiger partial charge in [-0.1, -0.05) is 18.2 Å². The summed E-state index contributed by atoms with van der Waals surface area (Å²) in [5.41, 5.74) is 2.53. The van der Waals surface area contributed by atoms with Gasteiger partial charge in [0.2, 0.25) is 5.75 Å². The molecule has 0 saturated carbocycles. The fourth-order valence-electron chi connectivity index (χ4n) is 2.78. The molecule has 0 atom stereocenters. The number of anilines is 1. The number of benzene rings is 1. The topological polar surface area (TPSA) is 85.6 Å². The first kappa shape index (κ1) is 15.9. The summed E-state index contributed by atoms with van der Waals surface area (Å²) in [4.78, 5) is 28.5. The average Bonchev–Trinajstić information content (AvgIpc) is 2.59. The third kappa shape index (κ3) is 3.19. The Balaban J connectivity index is 1.75. The Kier molecular flexibility index (Phi) is 4.41. The van der Waals surface area contributed by atoms with Crippen molar-refractivity contribution in [1.82, 2.24) is 4.98 Å². The number of hydrogen-bond acceptors (Lipinski definition) is 5. The number of aromatic nitrogens is 1. The van der Waals surface area contributed by atoms with Crippen molar-refractivity contribution < 1.29 is 14.5 Å². The van der Waals surface area contributed by atoms with E-state index in [4.69, 9.17) is 4.74 Å². The van der Waals surface area contributed by atoms with Crippen LogP contribution in [-0.4, -0.2) is 29.0 Å². The van der Waals surface area contributed by atoms with E-state index in [1.165, 1.54) is 6.07 Å². The highest BCUT2D eigenvalue weighted by Gasteiger charge is 2.24. The van der Waals surface area contributed by atoms with Crippen LogP contribution >= 0.6 is 0 Å². The molecule has 0 fully saturated rings. The highest BCUT2D eigenvalue weighted by atomic mass is 16.6. The van der Waals surface area contributed by atoms with Crippen LogP contribution in [0.25, 0.3) is 0 Å². The Morgan fingerprint density at radius 2 is 2.12 bits per heavy atom. The summed E-state index contributed by atoms with van der Waals surface area (Å²) in [6.45, 7) is 2.01. The number of carbonyl (C=O) groups is 1. The van der Waals surface area contributed by atoms with Gasteiger partial charge in [0.25, 0.3) is 5.91 Å². The van der Waals surface area contributed by atoms with Crippen LogP contribution in [0.1, 0.15) is 17.7 Å². The molecule has 0 bridgehead atoms. The van der Waals surface area contributed by atoms with Crippen LogP contribution in [0.15, 0.2) is 36.4 Å².